The lowest BCUT2D eigenvalue weighted by atomic mass is 10.0. The zero-order chi connectivity index (χ0) is 26.6. The van der Waals surface area contributed by atoms with E-state index in [1.54, 1.807) is 29.7 Å². The maximum absolute atomic E-state index is 13.6. The van der Waals surface area contributed by atoms with Gasteiger partial charge >= 0.3 is 0 Å². The van der Waals surface area contributed by atoms with E-state index in [4.69, 9.17) is 25.8 Å². The van der Waals surface area contributed by atoms with Crippen molar-refractivity contribution in [3.63, 3.8) is 0 Å². The lowest BCUT2D eigenvalue weighted by Crippen LogP contribution is -2.32. The summed E-state index contributed by atoms with van der Waals surface area (Å²) in [4.78, 5) is 12.8. The van der Waals surface area contributed by atoms with E-state index >= 15 is 0 Å². The maximum Gasteiger partial charge on any atom is 0.213 e. The standard InChI is InChI=1S/C24H31ClN6O5S/c1-15-7-5-8-18(36-15)13-31-20(29-30-24(31)19-9-6-10-21(28-19)34-3)14-37(32,33)16(2)22(35-4)23-26-11-17(25)12-27-23/h6,9-12,15-16,18,22H,5,7-8,13-14H2,1-4H3/t15-,16+,18-,22+/m1/s1. The van der Waals surface area contributed by atoms with Gasteiger partial charge in [-0.25, -0.2) is 23.4 Å². The highest BCUT2D eigenvalue weighted by Crippen LogP contribution is 2.28. The quantitative estimate of drug-likeness (QED) is 0.370. The van der Waals surface area contributed by atoms with E-state index in [2.05, 4.69) is 25.1 Å². The lowest BCUT2D eigenvalue weighted by Gasteiger charge is -2.29. The summed E-state index contributed by atoms with van der Waals surface area (Å²) in [6.45, 7) is 4.01. The van der Waals surface area contributed by atoms with Crippen LogP contribution >= 0.6 is 11.6 Å². The minimum absolute atomic E-state index is 0.0998. The Kier molecular flexibility index (Phi) is 8.73. The van der Waals surface area contributed by atoms with Crippen molar-refractivity contribution >= 4 is 21.4 Å². The molecule has 0 bridgehead atoms. The van der Waals surface area contributed by atoms with Gasteiger partial charge in [-0.3, -0.25) is 0 Å². The molecule has 0 N–H and O–H groups in total. The van der Waals surface area contributed by atoms with Crippen LogP contribution in [0, 0.1) is 0 Å². The first-order valence-corrected chi connectivity index (χ1v) is 14.1. The fourth-order valence-electron chi connectivity index (χ4n) is 4.39. The number of methoxy groups -OCH3 is 2. The van der Waals surface area contributed by atoms with Crippen molar-refractivity contribution < 1.29 is 22.6 Å². The second-order valence-electron chi connectivity index (χ2n) is 9.04. The molecule has 1 saturated heterocycles. The Hall–Kier alpha value is -2.67. The molecule has 200 valence electrons. The summed E-state index contributed by atoms with van der Waals surface area (Å²) >= 11 is 5.89. The second kappa shape index (κ2) is 11.8. The van der Waals surface area contributed by atoms with Crippen molar-refractivity contribution in [3.8, 4) is 17.4 Å². The first-order valence-electron chi connectivity index (χ1n) is 12.0. The van der Waals surface area contributed by atoms with Crippen molar-refractivity contribution in [3.05, 3.63) is 47.3 Å². The van der Waals surface area contributed by atoms with E-state index in [1.807, 2.05) is 6.92 Å². The van der Waals surface area contributed by atoms with E-state index in [0.717, 1.165) is 19.3 Å². The summed E-state index contributed by atoms with van der Waals surface area (Å²) < 4.78 is 45.8. The molecule has 0 aliphatic carbocycles. The average Bonchev–Trinajstić information content (AvgIpc) is 3.26. The van der Waals surface area contributed by atoms with Crippen LogP contribution in [-0.4, -0.2) is 69.8 Å². The van der Waals surface area contributed by atoms with E-state index < -0.39 is 21.2 Å². The minimum atomic E-state index is -3.79. The zero-order valence-corrected chi connectivity index (χ0v) is 22.8. The molecule has 0 radical (unpaired) electrons. The summed E-state index contributed by atoms with van der Waals surface area (Å²) in [5, 5.41) is 7.99. The third-order valence-electron chi connectivity index (χ3n) is 6.41. The first-order chi connectivity index (χ1) is 17.7. The lowest BCUT2D eigenvalue weighted by molar-refractivity contribution is -0.0472. The summed E-state index contributed by atoms with van der Waals surface area (Å²) in [7, 11) is -0.832. The average molecular weight is 551 g/mol. The molecule has 0 aromatic carbocycles. The molecule has 4 heterocycles. The smallest absolute Gasteiger partial charge is 0.213 e. The third kappa shape index (κ3) is 6.43. The van der Waals surface area contributed by atoms with Crippen LogP contribution in [0.2, 0.25) is 5.02 Å². The highest BCUT2D eigenvalue weighted by molar-refractivity contribution is 7.91. The molecule has 3 aromatic rings. The topological polar surface area (TPSA) is 131 Å². The number of hydrogen-bond donors (Lipinski definition) is 0. The van der Waals surface area contributed by atoms with Crippen molar-refractivity contribution in [2.45, 2.75) is 69.0 Å². The normalized spacial score (nSPS) is 19.9. The van der Waals surface area contributed by atoms with Crippen molar-refractivity contribution in [1.29, 1.82) is 0 Å². The number of sulfone groups is 1. The van der Waals surface area contributed by atoms with Crippen LogP contribution in [-0.2, 0) is 31.6 Å². The van der Waals surface area contributed by atoms with E-state index in [0.29, 0.717) is 34.8 Å². The van der Waals surface area contributed by atoms with E-state index in [9.17, 15) is 8.42 Å². The molecule has 4 atom stereocenters. The number of nitrogens with zero attached hydrogens (tertiary/aromatic N) is 6. The van der Waals surface area contributed by atoms with Gasteiger partial charge in [0.15, 0.2) is 21.5 Å². The Bertz CT molecular complexity index is 1300. The molecule has 1 aliphatic rings. The number of rotatable bonds is 10. The maximum atomic E-state index is 13.6. The fourth-order valence-corrected chi connectivity index (χ4v) is 5.93. The van der Waals surface area contributed by atoms with Gasteiger partial charge in [0, 0.05) is 25.6 Å². The molecule has 37 heavy (non-hydrogen) atoms. The Balaban J connectivity index is 1.67. The van der Waals surface area contributed by atoms with Crippen LogP contribution in [0.3, 0.4) is 0 Å². The number of aromatic nitrogens is 6. The highest BCUT2D eigenvalue weighted by atomic mass is 35.5. The van der Waals surface area contributed by atoms with Crippen LogP contribution in [0.25, 0.3) is 11.5 Å². The van der Waals surface area contributed by atoms with Gasteiger partial charge in [-0.05, 0) is 39.2 Å². The van der Waals surface area contributed by atoms with Crippen LogP contribution in [0.5, 0.6) is 5.88 Å². The highest BCUT2D eigenvalue weighted by Gasteiger charge is 2.35. The van der Waals surface area contributed by atoms with Crippen LogP contribution in [0.1, 0.15) is 50.9 Å². The minimum Gasteiger partial charge on any atom is -0.481 e. The molecule has 0 spiro atoms. The van der Waals surface area contributed by atoms with Crippen molar-refractivity contribution in [2.24, 2.45) is 0 Å². The molecule has 1 fully saturated rings. The molecule has 0 saturated carbocycles. The molecule has 0 unspecified atom stereocenters. The van der Waals surface area contributed by atoms with Gasteiger partial charge in [0.2, 0.25) is 5.88 Å². The van der Waals surface area contributed by atoms with Crippen LogP contribution in [0.4, 0.5) is 0 Å². The molecule has 1 aliphatic heterocycles. The molecule has 4 rings (SSSR count). The molecule has 13 heteroatoms. The SMILES string of the molecule is COc1cccc(-c2nnc(CS(=O)(=O)[C@@H](C)[C@H](OC)c3ncc(Cl)cn3)n2C[C@H]2CCC[C@@H](C)O2)n1. The van der Waals surface area contributed by atoms with Gasteiger partial charge in [0.1, 0.15) is 23.4 Å². The van der Waals surface area contributed by atoms with Gasteiger partial charge in [0.05, 0.1) is 36.1 Å². The predicted octanol–water partition coefficient (Wildman–Crippen LogP) is 3.44. The number of halogens is 1. The monoisotopic (exact) mass is 550 g/mol. The van der Waals surface area contributed by atoms with Gasteiger partial charge in [-0.15, -0.1) is 10.2 Å². The van der Waals surface area contributed by atoms with Gasteiger partial charge in [-0.2, -0.15) is 0 Å². The largest absolute Gasteiger partial charge is 0.481 e. The molecule has 0 amide bonds. The molecular formula is C24H31ClN6O5S. The summed E-state index contributed by atoms with van der Waals surface area (Å²) in [6.07, 6.45) is 4.83. The summed E-state index contributed by atoms with van der Waals surface area (Å²) in [5.41, 5.74) is 0.525. The van der Waals surface area contributed by atoms with Crippen LogP contribution < -0.4 is 4.74 Å². The van der Waals surface area contributed by atoms with Gasteiger partial charge in [-0.1, -0.05) is 17.7 Å². The summed E-state index contributed by atoms with van der Waals surface area (Å²) in [6, 6.07) is 5.31. The first kappa shape index (κ1) is 27.4. The van der Waals surface area contributed by atoms with E-state index in [1.165, 1.54) is 26.6 Å². The second-order valence-corrected chi connectivity index (χ2v) is 11.8. The van der Waals surface area contributed by atoms with Gasteiger partial charge in [0.25, 0.3) is 0 Å². The molecule has 3 aromatic heterocycles. The number of ether oxygens (including phenoxy) is 3. The molecule has 11 nitrogen and oxygen atoms in total. The third-order valence-corrected chi connectivity index (χ3v) is 8.64. The Morgan fingerprint density at radius 3 is 2.62 bits per heavy atom. The Morgan fingerprint density at radius 1 is 1.19 bits per heavy atom. The number of pyridine rings is 1. The zero-order valence-electron chi connectivity index (χ0n) is 21.2. The fraction of sp³-hybridized carbons (Fsp3) is 0.542. The summed E-state index contributed by atoms with van der Waals surface area (Å²) in [5.74, 6) is 1.03. The van der Waals surface area contributed by atoms with Gasteiger partial charge < -0.3 is 18.8 Å². The molecular weight excluding hydrogens is 520 g/mol. The van der Waals surface area contributed by atoms with E-state index in [-0.39, 0.29) is 23.8 Å². The van der Waals surface area contributed by atoms with Crippen molar-refractivity contribution in [2.75, 3.05) is 14.2 Å². The van der Waals surface area contributed by atoms with Crippen LogP contribution in [0.15, 0.2) is 30.6 Å². The Labute approximate surface area is 221 Å². The Morgan fingerprint density at radius 2 is 1.95 bits per heavy atom. The van der Waals surface area contributed by atoms with Crippen molar-refractivity contribution in [1.82, 2.24) is 29.7 Å². The predicted molar refractivity (Wildman–Crippen MR) is 137 cm³/mol. The number of hydrogen-bond acceptors (Lipinski definition) is 10.